The van der Waals surface area contributed by atoms with Crippen molar-refractivity contribution in [2.75, 3.05) is 0 Å². The first kappa shape index (κ1) is 15.4. The third kappa shape index (κ3) is 2.71. The fraction of sp³-hybridized carbons (Fsp3) is 0.214. The summed E-state index contributed by atoms with van der Waals surface area (Å²) < 4.78 is 9.74. The highest BCUT2D eigenvalue weighted by Crippen LogP contribution is 2.39. The number of nitrogens with zero attached hydrogens (tertiary/aromatic N) is 1. The molecule has 1 unspecified atom stereocenters. The maximum Gasteiger partial charge on any atom is 0.375 e. The molecule has 1 atom stereocenters. The molecule has 1 aromatic carbocycles. The Hall–Kier alpha value is -3.03. The van der Waals surface area contributed by atoms with Gasteiger partial charge in [-0.2, -0.15) is 0 Å². The van der Waals surface area contributed by atoms with Crippen LogP contribution in [-0.2, 0) is 23.9 Å². The largest absolute Gasteiger partial charge is 0.446 e. The zero-order valence-corrected chi connectivity index (χ0v) is 11.7. The Kier molecular flexibility index (Phi) is 4.02. The van der Waals surface area contributed by atoms with Crippen molar-refractivity contribution in [3.63, 3.8) is 0 Å². The van der Waals surface area contributed by atoms with E-state index in [2.05, 4.69) is 0 Å². The lowest BCUT2D eigenvalue weighted by atomic mass is 9.98. The van der Waals surface area contributed by atoms with Gasteiger partial charge in [-0.3, -0.25) is 19.7 Å². The van der Waals surface area contributed by atoms with Gasteiger partial charge in [0.25, 0.3) is 5.69 Å². The highest BCUT2D eigenvalue weighted by molar-refractivity contribution is 6.06. The van der Waals surface area contributed by atoms with E-state index in [9.17, 15) is 24.5 Å². The average molecular weight is 305 g/mol. The zero-order chi connectivity index (χ0) is 16.4. The number of hydrogen-bond donors (Lipinski definition) is 0. The minimum atomic E-state index is -1.28. The molecule has 8 heteroatoms. The molecule has 0 N–H and O–H groups in total. The standard InChI is InChI=1S/C14H11NO7/c1-7(16)11-12(22-14(18)13(11)21-8(2)17)9-5-3-4-6-10(9)15(19)20/h3-6,12H,1-2H3. The lowest BCUT2D eigenvalue weighted by Crippen LogP contribution is -2.10. The molecule has 1 heterocycles. The SMILES string of the molecule is CC(=O)OC1=C(C(C)=O)C(c2ccccc2[N+](=O)[O-])OC1=O. The highest BCUT2D eigenvalue weighted by Gasteiger charge is 2.42. The normalized spacial score (nSPS) is 17.2. The molecule has 0 fully saturated rings. The van der Waals surface area contributed by atoms with Crippen LogP contribution in [0.1, 0.15) is 25.5 Å². The van der Waals surface area contributed by atoms with Crippen LogP contribution in [0.3, 0.4) is 0 Å². The van der Waals surface area contributed by atoms with Crippen LogP contribution in [0.2, 0.25) is 0 Å². The van der Waals surface area contributed by atoms with Gasteiger partial charge in [0.1, 0.15) is 0 Å². The minimum absolute atomic E-state index is 0.0354. The Morgan fingerprint density at radius 3 is 2.45 bits per heavy atom. The predicted molar refractivity (Wildman–Crippen MR) is 71.4 cm³/mol. The number of Topliss-reactive ketones (excluding diaryl/α,β-unsaturated/α-hetero) is 1. The first-order chi connectivity index (χ1) is 10.3. The molecule has 1 aliphatic rings. The van der Waals surface area contributed by atoms with Crippen LogP contribution < -0.4 is 0 Å². The van der Waals surface area contributed by atoms with Crippen LogP contribution in [0, 0.1) is 10.1 Å². The van der Waals surface area contributed by atoms with Gasteiger partial charge in [-0.05, 0) is 13.0 Å². The second-order valence-electron chi connectivity index (χ2n) is 4.49. The summed E-state index contributed by atoms with van der Waals surface area (Å²) >= 11 is 0. The number of ketones is 1. The number of rotatable bonds is 4. The molecule has 0 spiro atoms. The van der Waals surface area contributed by atoms with Gasteiger partial charge in [0.15, 0.2) is 11.9 Å². The van der Waals surface area contributed by atoms with E-state index in [1.807, 2.05) is 0 Å². The molecule has 0 saturated heterocycles. The first-order valence-electron chi connectivity index (χ1n) is 6.20. The molecule has 22 heavy (non-hydrogen) atoms. The van der Waals surface area contributed by atoms with Crippen molar-refractivity contribution in [2.24, 2.45) is 0 Å². The summed E-state index contributed by atoms with van der Waals surface area (Å²) in [5.74, 6) is -2.91. The molecule has 8 nitrogen and oxygen atoms in total. The Morgan fingerprint density at radius 1 is 1.27 bits per heavy atom. The molecular weight excluding hydrogens is 294 g/mol. The van der Waals surface area contributed by atoms with E-state index in [0.717, 1.165) is 13.8 Å². The van der Waals surface area contributed by atoms with E-state index in [4.69, 9.17) is 9.47 Å². The summed E-state index contributed by atoms with van der Waals surface area (Å²) in [6, 6.07) is 5.56. The maximum atomic E-state index is 11.8. The molecule has 0 amide bonds. The third-order valence-electron chi connectivity index (χ3n) is 2.96. The summed E-state index contributed by atoms with van der Waals surface area (Å²) in [7, 11) is 0. The molecule has 114 valence electrons. The Bertz CT molecular complexity index is 720. The smallest absolute Gasteiger partial charge is 0.375 e. The fourth-order valence-corrected chi connectivity index (χ4v) is 2.13. The predicted octanol–water partition coefficient (Wildman–Crippen LogP) is 1.60. The van der Waals surface area contributed by atoms with Crippen molar-refractivity contribution in [3.8, 4) is 0 Å². The van der Waals surface area contributed by atoms with E-state index < -0.39 is 34.5 Å². The van der Waals surface area contributed by atoms with Crippen LogP contribution in [0.4, 0.5) is 5.69 Å². The number of nitro benzene ring substituents is 1. The van der Waals surface area contributed by atoms with Gasteiger partial charge >= 0.3 is 11.9 Å². The highest BCUT2D eigenvalue weighted by atomic mass is 16.6. The average Bonchev–Trinajstić information content (AvgIpc) is 2.75. The van der Waals surface area contributed by atoms with Gasteiger partial charge in [-0.1, -0.05) is 12.1 Å². The lowest BCUT2D eigenvalue weighted by molar-refractivity contribution is -0.386. The summed E-state index contributed by atoms with van der Waals surface area (Å²) in [6.45, 7) is 2.22. The topological polar surface area (TPSA) is 113 Å². The summed E-state index contributed by atoms with van der Waals surface area (Å²) in [6.07, 6.45) is -1.28. The zero-order valence-electron chi connectivity index (χ0n) is 11.7. The number of hydrogen-bond acceptors (Lipinski definition) is 7. The number of carbonyl (C=O) groups excluding carboxylic acids is 3. The number of carbonyl (C=O) groups is 3. The first-order valence-corrected chi connectivity index (χ1v) is 6.20. The molecule has 2 rings (SSSR count). The molecule has 1 aliphatic heterocycles. The van der Waals surface area contributed by atoms with Crippen LogP contribution in [0.15, 0.2) is 35.6 Å². The molecule has 0 radical (unpaired) electrons. The molecule has 0 saturated carbocycles. The number of benzene rings is 1. The summed E-state index contributed by atoms with van der Waals surface area (Å²) in [4.78, 5) is 45.1. The molecule has 0 aromatic heterocycles. The lowest BCUT2D eigenvalue weighted by Gasteiger charge is -2.12. The van der Waals surface area contributed by atoms with Gasteiger partial charge in [0.05, 0.1) is 16.1 Å². The summed E-state index contributed by atoms with van der Waals surface area (Å²) in [5, 5.41) is 11.1. The summed E-state index contributed by atoms with van der Waals surface area (Å²) in [5.41, 5.74) is -0.481. The number of esters is 2. The molecule has 0 bridgehead atoms. The van der Waals surface area contributed by atoms with Crippen molar-refractivity contribution in [3.05, 3.63) is 51.3 Å². The minimum Gasteiger partial charge on any atom is -0.446 e. The fourth-order valence-electron chi connectivity index (χ4n) is 2.13. The van der Waals surface area contributed by atoms with Gasteiger partial charge in [0.2, 0.25) is 5.76 Å². The number of nitro groups is 1. The monoisotopic (exact) mass is 305 g/mol. The molecular formula is C14H11NO7. The number of para-hydroxylation sites is 1. The van der Waals surface area contributed by atoms with Gasteiger partial charge in [-0.25, -0.2) is 4.79 Å². The number of cyclic esters (lactones) is 1. The third-order valence-corrected chi connectivity index (χ3v) is 2.96. The second kappa shape index (κ2) is 5.76. The van der Waals surface area contributed by atoms with Crippen LogP contribution in [0.5, 0.6) is 0 Å². The van der Waals surface area contributed by atoms with Gasteiger partial charge in [-0.15, -0.1) is 0 Å². The quantitative estimate of drug-likeness (QED) is 0.471. The van der Waals surface area contributed by atoms with Gasteiger partial charge < -0.3 is 9.47 Å². The second-order valence-corrected chi connectivity index (χ2v) is 4.49. The van der Waals surface area contributed by atoms with Crippen LogP contribution in [-0.4, -0.2) is 22.6 Å². The van der Waals surface area contributed by atoms with Crippen LogP contribution >= 0.6 is 0 Å². The Balaban J connectivity index is 2.59. The van der Waals surface area contributed by atoms with Crippen molar-refractivity contribution in [1.29, 1.82) is 0 Å². The maximum absolute atomic E-state index is 11.8. The van der Waals surface area contributed by atoms with Crippen LogP contribution in [0.25, 0.3) is 0 Å². The van der Waals surface area contributed by atoms with Crippen molar-refractivity contribution >= 4 is 23.4 Å². The van der Waals surface area contributed by atoms with Crippen molar-refractivity contribution in [1.82, 2.24) is 0 Å². The Morgan fingerprint density at radius 2 is 1.91 bits per heavy atom. The molecule has 0 aliphatic carbocycles. The Labute approximate surface area is 124 Å². The number of ether oxygens (including phenoxy) is 2. The van der Waals surface area contributed by atoms with Crippen molar-refractivity contribution < 1.29 is 28.8 Å². The van der Waals surface area contributed by atoms with Gasteiger partial charge in [0, 0.05) is 13.0 Å². The van der Waals surface area contributed by atoms with E-state index in [0.29, 0.717) is 0 Å². The van der Waals surface area contributed by atoms with E-state index in [1.54, 1.807) is 0 Å². The van der Waals surface area contributed by atoms with E-state index in [-0.39, 0.29) is 16.8 Å². The molecule has 1 aromatic rings. The van der Waals surface area contributed by atoms with E-state index in [1.165, 1.54) is 24.3 Å². The van der Waals surface area contributed by atoms with E-state index >= 15 is 0 Å². The van der Waals surface area contributed by atoms with Crippen molar-refractivity contribution in [2.45, 2.75) is 20.0 Å².